The van der Waals surface area contributed by atoms with Crippen LogP contribution < -0.4 is 14.2 Å². The Balaban J connectivity index is 2.36. The number of ether oxygens (including phenoxy) is 3. The van der Waals surface area contributed by atoms with E-state index in [2.05, 4.69) is 34.6 Å². The second-order valence-corrected chi connectivity index (χ2v) is 9.04. The lowest BCUT2D eigenvalue weighted by Crippen LogP contribution is -2.42. The average Bonchev–Trinajstić information content (AvgIpc) is 2.87. The van der Waals surface area contributed by atoms with Crippen molar-refractivity contribution in [3.8, 4) is 17.2 Å². The third kappa shape index (κ3) is 2.45. The van der Waals surface area contributed by atoms with Crippen molar-refractivity contribution in [2.75, 3.05) is 21.3 Å². The van der Waals surface area contributed by atoms with E-state index in [1.807, 2.05) is 0 Å². The zero-order valence-corrected chi connectivity index (χ0v) is 17.2. The van der Waals surface area contributed by atoms with Crippen LogP contribution in [0.25, 0.3) is 0 Å². The minimum absolute atomic E-state index is 0.124. The number of fused-ring (bicyclic) bond motifs is 3. The zero-order valence-electron chi connectivity index (χ0n) is 17.2. The second kappa shape index (κ2) is 6.10. The highest BCUT2D eigenvalue weighted by Gasteiger charge is 2.55. The van der Waals surface area contributed by atoms with Crippen molar-refractivity contribution >= 4 is 0 Å². The molecule has 0 bridgehead atoms. The van der Waals surface area contributed by atoms with Gasteiger partial charge in [0.15, 0.2) is 11.5 Å². The van der Waals surface area contributed by atoms with Gasteiger partial charge in [0, 0.05) is 22.1 Å². The number of benzene rings is 1. The molecule has 0 radical (unpaired) electrons. The van der Waals surface area contributed by atoms with Crippen LogP contribution in [0.2, 0.25) is 0 Å². The van der Waals surface area contributed by atoms with E-state index < -0.39 is 0 Å². The van der Waals surface area contributed by atoms with Crippen LogP contribution in [0, 0.1) is 11.3 Å². The van der Waals surface area contributed by atoms with Crippen LogP contribution in [0.5, 0.6) is 17.2 Å². The first-order valence-corrected chi connectivity index (χ1v) is 9.58. The van der Waals surface area contributed by atoms with Crippen LogP contribution in [0.4, 0.5) is 0 Å². The summed E-state index contributed by atoms with van der Waals surface area (Å²) < 4.78 is 17.8. The Kier molecular flexibility index (Phi) is 4.50. The van der Waals surface area contributed by atoms with Crippen LogP contribution in [0.1, 0.15) is 76.5 Å². The van der Waals surface area contributed by atoms with E-state index in [0.717, 1.165) is 29.2 Å². The quantitative estimate of drug-likeness (QED) is 0.723. The molecule has 0 N–H and O–H groups in total. The normalized spacial score (nSPS) is 27.0. The Labute approximate surface area is 153 Å². The fourth-order valence-corrected chi connectivity index (χ4v) is 5.83. The molecule has 25 heavy (non-hydrogen) atoms. The van der Waals surface area contributed by atoms with Crippen LogP contribution >= 0.6 is 0 Å². The Morgan fingerprint density at radius 2 is 1.48 bits per heavy atom. The van der Waals surface area contributed by atoms with E-state index in [-0.39, 0.29) is 5.41 Å². The Bertz CT molecular complexity index is 675. The van der Waals surface area contributed by atoms with Crippen molar-refractivity contribution in [1.29, 1.82) is 0 Å². The van der Waals surface area contributed by atoms with Crippen LogP contribution in [0.15, 0.2) is 0 Å². The van der Waals surface area contributed by atoms with Gasteiger partial charge in [0.2, 0.25) is 0 Å². The monoisotopic (exact) mass is 346 g/mol. The molecule has 3 nitrogen and oxygen atoms in total. The zero-order chi connectivity index (χ0) is 18.6. The van der Waals surface area contributed by atoms with E-state index in [4.69, 9.17) is 14.2 Å². The Morgan fingerprint density at radius 1 is 0.880 bits per heavy atom. The van der Waals surface area contributed by atoms with Crippen molar-refractivity contribution in [1.82, 2.24) is 0 Å². The lowest BCUT2D eigenvalue weighted by atomic mass is 9.57. The maximum Gasteiger partial charge on any atom is 0.168 e. The van der Waals surface area contributed by atoms with Gasteiger partial charge in [-0.15, -0.1) is 0 Å². The van der Waals surface area contributed by atoms with Crippen molar-refractivity contribution in [2.45, 2.75) is 71.6 Å². The first kappa shape index (κ1) is 18.4. The maximum absolute atomic E-state index is 5.98. The van der Waals surface area contributed by atoms with Gasteiger partial charge >= 0.3 is 0 Å². The standard InChI is InChI=1S/C22H34O3/c1-13(2)16-18(23-6)14-12-15-21(3,4)10-9-11-22(15,5)17(14)20(25-8)19(16)24-7/h13,15H,9-12H2,1-8H3. The largest absolute Gasteiger partial charge is 0.496 e. The molecule has 1 aromatic rings. The molecule has 0 spiro atoms. The smallest absolute Gasteiger partial charge is 0.168 e. The van der Waals surface area contributed by atoms with E-state index in [1.165, 1.54) is 30.4 Å². The van der Waals surface area contributed by atoms with Crippen LogP contribution in [0.3, 0.4) is 0 Å². The predicted octanol–water partition coefficient (Wildman–Crippen LogP) is 5.48. The lowest BCUT2D eigenvalue weighted by molar-refractivity contribution is 0.0689. The molecular formula is C22H34O3. The van der Waals surface area contributed by atoms with Crippen molar-refractivity contribution in [3.63, 3.8) is 0 Å². The van der Waals surface area contributed by atoms with Crippen LogP contribution in [-0.4, -0.2) is 21.3 Å². The summed E-state index contributed by atoms with van der Waals surface area (Å²) in [5.74, 6) is 3.74. The van der Waals surface area contributed by atoms with E-state index in [0.29, 0.717) is 17.3 Å². The van der Waals surface area contributed by atoms with Gasteiger partial charge in [-0.1, -0.05) is 41.0 Å². The molecule has 0 amide bonds. The summed E-state index contributed by atoms with van der Waals surface area (Å²) in [6.45, 7) is 11.7. The van der Waals surface area contributed by atoms with Gasteiger partial charge in [-0.2, -0.15) is 0 Å². The summed E-state index contributed by atoms with van der Waals surface area (Å²) in [6.07, 6.45) is 4.83. The first-order valence-electron chi connectivity index (χ1n) is 9.58. The predicted molar refractivity (Wildman–Crippen MR) is 102 cm³/mol. The number of methoxy groups -OCH3 is 3. The summed E-state index contributed by atoms with van der Waals surface area (Å²) in [7, 11) is 5.32. The fraction of sp³-hybridized carbons (Fsp3) is 0.727. The lowest BCUT2D eigenvalue weighted by Gasteiger charge is -2.48. The first-order chi connectivity index (χ1) is 11.7. The van der Waals surface area contributed by atoms with E-state index >= 15 is 0 Å². The average molecular weight is 347 g/mol. The summed E-state index contributed by atoms with van der Waals surface area (Å²) in [5, 5.41) is 0. The van der Waals surface area contributed by atoms with E-state index in [1.54, 1.807) is 21.3 Å². The van der Waals surface area contributed by atoms with Gasteiger partial charge in [-0.25, -0.2) is 0 Å². The van der Waals surface area contributed by atoms with Gasteiger partial charge in [0.05, 0.1) is 21.3 Å². The highest BCUT2D eigenvalue weighted by atomic mass is 16.5. The second-order valence-electron chi connectivity index (χ2n) is 9.04. The van der Waals surface area contributed by atoms with Gasteiger partial charge < -0.3 is 14.2 Å². The van der Waals surface area contributed by atoms with Gasteiger partial charge in [-0.3, -0.25) is 0 Å². The molecule has 0 heterocycles. The van der Waals surface area contributed by atoms with E-state index in [9.17, 15) is 0 Å². The Morgan fingerprint density at radius 3 is 2.00 bits per heavy atom. The summed E-state index contributed by atoms with van der Waals surface area (Å²) in [6, 6.07) is 0. The molecule has 2 atom stereocenters. The molecule has 0 saturated heterocycles. The summed E-state index contributed by atoms with van der Waals surface area (Å²) in [5.41, 5.74) is 4.28. The topological polar surface area (TPSA) is 27.7 Å². The highest BCUT2D eigenvalue weighted by Crippen LogP contribution is 2.64. The van der Waals surface area contributed by atoms with Gasteiger partial charge in [0.1, 0.15) is 5.75 Å². The molecular weight excluding hydrogens is 312 g/mol. The van der Waals surface area contributed by atoms with Gasteiger partial charge in [-0.05, 0) is 36.5 Å². The molecule has 1 fully saturated rings. The molecule has 2 aliphatic carbocycles. The van der Waals surface area contributed by atoms with Crippen molar-refractivity contribution < 1.29 is 14.2 Å². The molecule has 0 aliphatic heterocycles. The molecule has 2 unspecified atom stereocenters. The summed E-state index contributed by atoms with van der Waals surface area (Å²) in [4.78, 5) is 0. The third-order valence-corrected chi connectivity index (χ3v) is 6.90. The van der Waals surface area contributed by atoms with Crippen molar-refractivity contribution in [3.05, 3.63) is 16.7 Å². The minimum Gasteiger partial charge on any atom is -0.496 e. The van der Waals surface area contributed by atoms with Gasteiger partial charge in [0.25, 0.3) is 0 Å². The molecule has 140 valence electrons. The fourth-order valence-electron chi connectivity index (χ4n) is 5.83. The molecule has 1 saturated carbocycles. The number of rotatable bonds is 4. The van der Waals surface area contributed by atoms with Crippen molar-refractivity contribution in [2.24, 2.45) is 11.3 Å². The molecule has 3 rings (SSSR count). The minimum atomic E-state index is 0.124. The number of hydrogen-bond donors (Lipinski definition) is 0. The highest BCUT2D eigenvalue weighted by molar-refractivity contribution is 5.68. The third-order valence-electron chi connectivity index (χ3n) is 6.90. The molecule has 2 aliphatic rings. The number of hydrogen-bond acceptors (Lipinski definition) is 3. The summed E-state index contributed by atoms with van der Waals surface area (Å²) >= 11 is 0. The molecule has 1 aromatic carbocycles. The Hall–Kier alpha value is -1.38. The van der Waals surface area contributed by atoms with Crippen LogP contribution in [-0.2, 0) is 11.8 Å². The molecule has 3 heteroatoms. The maximum atomic E-state index is 5.98. The SMILES string of the molecule is COc1c2c(c(OC)c(OC)c1C(C)C)C1(C)CCCC(C)(C)C1C2. The molecule has 0 aromatic heterocycles.